The summed E-state index contributed by atoms with van der Waals surface area (Å²) in [5.74, 6) is -6.97. The first-order valence-corrected chi connectivity index (χ1v) is 12.1. The first-order valence-electron chi connectivity index (χ1n) is 10.2. The fourth-order valence-corrected chi connectivity index (χ4v) is 5.45. The van der Waals surface area contributed by atoms with Crippen LogP contribution in [0.15, 0.2) is 46.9 Å². The monoisotopic (exact) mass is 622 g/mol. The van der Waals surface area contributed by atoms with E-state index in [4.69, 9.17) is 40.5 Å². The molecule has 3 N–H and O–H groups in total. The van der Waals surface area contributed by atoms with Crippen LogP contribution in [0.25, 0.3) is 0 Å². The van der Waals surface area contributed by atoms with E-state index in [1.807, 2.05) is 0 Å². The molecule has 0 aromatic heterocycles. The molecule has 0 bridgehead atoms. The third-order valence-corrected chi connectivity index (χ3v) is 7.63. The molecule has 36 heavy (non-hydrogen) atoms. The van der Waals surface area contributed by atoms with Crippen LogP contribution in [0.3, 0.4) is 0 Å². The van der Waals surface area contributed by atoms with E-state index in [-0.39, 0.29) is 32.7 Å². The minimum atomic E-state index is -1.65. The molecule has 4 nitrogen and oxygen atoms in total. The summed E-state index contributed by atoms with van der Waals surface area (Å²) in [6.07, 6.45) is -0.254. The molecule has 0 spiro atoms. The number of amides is 1. The fourth-order valence-electron chi connectivity index (χ4n) is 3.94. The zero-order chi connectivity index (χ0) is 26.5. The summed E-state index contributed by atoms with van der Waals surface area (Å²) in [4.78, 5) is 25.7. The number of Topliss-reactive ketones (excluding diaryl/α,β-unsaturated/α-hetero) is 1. The van der Waals surface area contributed by atoms with Crippen LogP contribution in [0, 0.1) is 29.2 Å². The Hall–Kier alpha value is -2.33. The van der Waals surface area contributed by atoms with Gasteiger partial charge in [-0.15, -0.1) is 23.2 Å². The number of anilines is 2. The number of alkyl halides is 2. The Morgan fingerprint density at radius 3 is 2.42 bits per heavy atom. The molecular formula is C24H14BrCl3F4N2O2. The van der Waals surface area contributed by atoms with Crippen LogP contribution < -0.4 is 11.1 Å². The molecule has 1 aliphatic carbocycles. The smallest absolute Gasteiger partial charge is 0.257 e. The second-order valence-electron chi connectivity index (χ2n) is 8.15. The van der Waals surface area contributed by atoms with Crippen LogP contribution in [-0.4, -0.2) is 16.0 Å². The number of nitrogens with two attached hydrogens (primary N) is 1. The molecule has 1 saturated carbocycles. The van der Waals surface area contributed by atoms with Crippen LogP contribution >= 0.6 is 50.7 Å². The molecule has 0 heterocycles. The summed E-state index contributed by atoms with van der Waals surface area (Å²) in [6.45, 7) is 0. The molecule has 1 aliphatic rings. The molecule has 0 radical (unpaired) electrons. The maximum Gasteiger partial charge on any atom is 0.257 e. The highest BCUT2D eigenvalue weighted by Crippen LogP contribution is 2.66. The highest BCUT2D eigenvalue weighted by Gasteiger charge is 2.67. The van der Waals surface area contributed by atoms with Crippen molar-refractivity contribution in [1.29, 1.82) is 0 Å². The van der Waals surface area contributed by atoms with E-state index >= 15 is 0 Å². The largest absolute Gasteiger partial charge is 0.394 e. The molecule has 1 fully saturated rings. The predicted molar refractivity (Wildman–Crippen MR) is 134 cm³/mol. The minimum Gasteiger partial charge on any atom is -0.394 e. The molecular weight excluding hydrogens is 611 g/mol. The maximum atomic E-state index is 14.6. The highest BCUT2D eigenvalue weighted by molar-refractivity contribution is 9.10. The van der Waals surface area contributed by atoms with Crippen LogP contribution in [-0.2, 0) is 11.2 Å². The molecule has 0 saturated heterocycles. The molecule has 3 aromatic rings. The lowest BCUT2D eigenvalue weighted by Crippen LogP contribution is -2.16. The van der Waals surface area contributed by atoms with Gasteiger partial charge in [-0.25, -0.2) is 17.6 Å². The van der Waals surface area contributed by atoms with Crippen LogP contribution in [0.4, 0.5) is 28.9 Å². The molecule has 0 aliphatic heterocycles. The topological polar surface area (TPSA) is 72.2 Å². The predicted octanol–water partition coefficient (Wildman–Crippen LogP) is 7.19. The number of carbonyl (C=O) groups excluding carboxylic acids is 2. The summed E-state index contributed by atoms with van der Waals surface area (Å²) in [6, 6.07) is 7.91. The normalized spacial score (nSPS) is 18.1. The third-order valence-electron chi connectivity index (χ3n) is 5.79. The number of carbonyl (C=O) groups is 2. The van der Waals surface area contributed by atoms with Crippen molar-refractivity contribution in [2.45, 2.75) is 16.7 Å². The van der Waals surface area contributed by atoms with Crippen LogP contribution in [0.2, 0.25) is 5.02 Å². The number of benzene rings is 3. The fraction of sp³-hybridized carbons (Fsp3) is 0.167. The van der Waals surface area contributed by atoms with Crippen LogP contribution in [0.1, 0.15) is 27.4 Å². The average molecular weight is 625 g/mol. The van der Waals surface area contributed by atoms with Crippen molar-refractivity contribution in [2.75, 3.05) is 11.1 Å². The second kappa shape index (κ2) is 9.85. The molecule has 12 heteroatoms. The van der Waals surface area contributed by atoms with Crippen molar-refractivity contribution < 1.29 is 27.2 Å². The van der Waals surface area contributed by atoms with Gasteiger partial charge < -0.3 is 11.1 Å². The van der Waals surface area contributed by atoms with Gasteiger partial charge in [0.15, 0.2) is 5.82 Å². The number of hydrogen-bond donors (Lipinski definition) is 2. The number of nitrogen functional groups attached to an aromatic ring is 1. The first kappa shape index (κ1) is 26.7. The van der Waals surface area contributed by atoms with Crippen molar-refractivity contribution in [3.8, 4) is 0 Å². The van der Waals surface area contributed by atoms with Crippen molar-refractivity contribution in [3.05, 3.63) is 91.9 Å². The number of hydrogen-bond acceptors (Lipinski definition) is 3. The summed E-state index contributed by atoms with van der Waals surface area (Å²) >= 11 is 21.6. The quantitative estimate of drug-likeness (QED) is 0.132. The van der Waals surface area contributed by atoms with E-state index in [0.717, 1.165) is 24.3 Å². The van der Waals surface area contributed by atoms with Gasteiger partial charge in [0.05, 0.1) is 26.7 Å². The molecule has 3 aromatic carbocycles. The van der Waals surface area contributed by atoms with Crippen molar-refractivity contribution >= 4 is 73.8 Å². The number of rotatable bonds is 6. The Morgan fingerprint density at radius 1 is 1.03 bits per heavy atom. The van der Waals surface area contributed by atoms with E-state index < -0.39 is 56.8 Å². The van der Waals surface area contributed by atoms with Gasteiger partial charge >= 0.3 is 0 Å². The Kier molecular flexibility index (Phi) is 7.31. The van der Waals surface area contributed by atoms with Gasteiger partial charge in [-0.05, 0) is 63.5 Å². The van der Waals surface area contributed by atoms with Crippen molar-refractivity contribution in [2.24, 2.45) is 5.92 Å². The standard InChI is InChI=1S/C24H14BrCl3F4N2O2/c25-13-8-10(29)7-12(20(13)31)18-19(24(18,27)28)17(35)6-9-1-2-14(26)11(5-9)23(36)34-16-4-3-15(30)22(33)21(16)32/h1-5,7-8,18-19H,6,33H2,(H,34,36). The van der Waals surface area contributed by atoms with Crippen LogP contribution in [0.5, 0.6) is 0 Å². The zero-order valence-electron chi connectivity index (χ0n) is 17.8. The van der Waals surface area contributed by atoms with E-state index in [0.29, 0.717) is 5.56 Å². The lowest BCUT2D eigenvalue weighted by atomic mass is 10.0. The van der Waals surface area contributed by atoms with Gasteiger partial charge in [0.25, 0.3) is 5.91 Å². The van der Waals surface area contributed by atoms with Gasteiger partial charge in [0.1, 0.15) is 33.3 Å². The molecule has 188 valence electrons. The number of halogens is 8. The Morgan fingerprint density at radius 2 is 1.72 bits per heavy atom. The zero-order valence-corrected chi connectivity index (χ0v) is 21.7. The Balaban J connectivity index is 1.54. The lowest BCUT2D eigenvalue weighted by molar-refractivity contribution is -0.119. The molecule has 2 atom stereocenters. The average Bonchev–Trinajstić information content (AvgIpc) is 3.39. The lowest BCUT2D eigenvalue weighted by Gasteiger charge is -2.11. The maximum absolute atomic E-state index is 14.6. The van der Waals surface area contributed by atoms with Gasteiger partial charge in [-0.3, -0.25) is 9.59 Å². The van der Waals surface area contributed by atoms with Gasteiger partial charge in [0, 0.05) is 12.3 Å². The summed E-state index contributed by atoms with van der Waals surface area (Å²) < 4.78 is 54.2. The Bertz CT molecular complexity index is 1420. The summed E-state index contributed by atoms with van der Waals surface area (Å²) in [5.41, 5.74) is 4.28. The highest BCUT2D eigenvalue weighted by atomic mass is 79.9. The number of ketones is 1. The molecule has 4 rings (SSSR count). The second-order valence-corrected chi connectivity index (χ2v) is 10.9. The third kappa shape index (κ3) is 4.94. The molecule has 1 amide bonds. The minimum absolute atomic E-state index is 0.000736. The van der Waals surface area contributed by atoms with Gasteiger partial charge in [-0.2, -0.15) is 0 Å². The van der Waals surface area contributed by atoms with Gasteiger partial charge in [0.2, 0.25) is 0 Å². The van der Waals surface area contributed by atoms with E-state index in [1.54, 1.807) is 0 Å². The molecule has 2 unspecified atom stereocenters. The van der Waals surface area contributed by atoms with E-state index in [2.05, 4.69) is 21.2 Å². The first-order chi connectivity index (χ1) is 16.8. The number of nitrogens with one attached hydrogen (secondary N) is 1. The van der Waals surface area contributed by atoms with E-state index in [9.17, 15) is 27.2 Å². The SMILES string of the molecule is Nc1c(F)ccc(NC(=O)c2cc(CC(=O)C3C(c4cc(F)cc(Br)c4F)C3(Cl)Cl)ccc2Cl)c1F. The summed E-state index contributed by atoms with van der Waals surface area (Å²) in [5, 5.41) is 2.25. The van der Waals surface area contributed by atoms with Crippen molar-refractivity contribution in [3.63, 3.8) is 0 Å². The van der Waals surface area contributed by atoms with Gasteiger partial charge in [-0.1, -0.05) is 17.7 Å². The Labute approximate surface area is 225 Å². The van der Waals surface area contributed by atoms with E-state index in [1.165, 1.54) is 18.2 Å². The summed E-state index contributed by atoms with van der Waals surface area (Å²) in [7, 11) is 0. The van der Waals surface area contributed by atoms with Crippen molar-refractivity contribution in [1.82, 2.24) is 0 Å².